The lowest BCUT2D eigenvalue weighted by Crippen LogP contribution is -2.02. The lowest BCUT2D eigenvalue weighted by Gasteiger charge is -2.17. The smallest absolute Gasteiger partial charge is 0.182 e. The van der Waals surface area contributed by atoms with E-state index in [9.17, 15) is 4.79 Å². The Hall–Kier alpha value is -0.590. The second kappa shape index (κ2) is 2.22. The molecule has 0 aromatic heterocycles. The molecular formula is C9H12O. The van der Waals surface area contributed by atoms with Crippen molar-refractivity contribution in [1.29, 1.82) is 0 Å². The van der Waals surface area contributed by atoms with Gasteiger partial charge in [-0.15, -0.1) is 0 Å². The Balaban J connectivity index is 1.99. The number of hydrogen-bond donors (Lipinski definition) is 0. The average Bonchev–Trinajstić information content (AvgIpc) is 2.69. The highest BCUT2D eigenvalue weighted by atomic mass is 16.1. The minimum Gasteiger partial charge on any atom is -0.290 e. The van der Waals surface area contributed by atoms with Gasteiger partial charge in [-0.3, -0.25) is 4.79 Å². The summed E-state index contributed by atoms with van der Waals surface area (Å²) in [5.41, 5.74) is 1.46. The maximum absolute atomic E-state index is 10.7. The Labute approximate surface area is 60.7 Å². The van der Waals surface area contributed by atoms with Gasteiger partial charge in [0.2, 0.25) is 0 Å². The molecule has 0 saturated heterocycles. The molecular weight excluding hydrogens is 124 g/mol. The van der Waals surface area contributed by atoms with Crippen molar-refractivity contribution in [3.05, 3.63) is 21.9 Å². The molecule has 0 radical (unpaired) electrons. The van der Waals surface area contributed by atoms with E-state index in [-0.39, 0.29) is 0 Å². The Morgan fingerprint density at radius 1 is 1.20 bits per heavy atom. The molecule has 0 aliphatic heterocycles. The first-order valence-corrected chi connectivity index (χ1v) is 4.14. The fourth-order valence-corrected chi connectivity index (χ4v) is 1.84. The summed E-state index contributed by atoms with van der Waals surface area (Å²) in [4.78, 5) is 10.7. The highest BCUT2D eigenvalue weighted by Crippen LogP contribution is 2.32. The SMILES string of the molecule is O=c1cc1C1CCCCC1. The monoisotopic (exact) mass is 136 g/mol. The molecule has 54 valence electrons. The van der Waals surface area contributed by atoms with E-state index < -0.39 is 0 Å². The molecule has 1 heteroatoms. The van der Waals surface area contributed by atoms with Crippen LogP contribution in [0.15, 0.2) is 10.9 Å². The first-order chi connectivity index (χ1) is 4.88. The number of rotatable bonds is 1. The summed E-state index contributed by atoms with van der Waals surface area (Å²) in [5.74, 6) is 0.654. The zero-order valence-corrected chi connectivity index (χ0v) is 6.10. The van der Waals surface area contributed by atoms with Gasteiger partial charge in [0.05, 0.1) is 0 Å². The molecule has 2 rings (SSSR count). The van der Waals surface area contributed by atoms with Crippen LogP contribution in [0, 0.1) is 0 Å². The van der Waals surface area contributed by atoms with Crippen LogP contribution in [0.2, 0.25) is 0 Å². The highest BCUT2D eigenvalue weighted by molar-refractivity contribution is 5.28. The van der Waals surface area contributed by atoms with E-state index in [1.807, 2.05) is 0 Å². The third-order valence-electron chi connectivity index (χ3n) is 2.53. The standard InChI is InChI=1S/C9H12O/c10-9-6-8(9)7-4-2-1-3-5-7/h6-7H,1-5H2. The van der Waals surface area contributed by atoms with Crippen LogP contribution in [0.3, 0.4) is 0 Å². The molecule has 10 heavy (non-hydrogen) atoms. The quantitative estimate of drug-likeness (QED) is 0.577. The van der Waals surface area contributed by atoms with Crippen molar-refractivity contribution in [3.8, 4) is 0 Å². The molecule has 1 fully saturated rings. The van der Waals surface area contributed by atoms with Gasteiger partial charge in [-0.1, -0.05) is 19.3 Å². The summed E-state index contributed by atoms with van der Waals surface area (Å²) in [7, 11) is 0. The van der Waals surface area contributed by atoms with E-state index in [1.165, 1.54) is 32.1 Å². The first kappa shape index (κ1) is 6.14. The van der Waals surface area contributed by atoms with Crippen LogP contribution in [-0.2, 0) is 0 Å². The topological polar surface area (TPSA) is 17.1 Å². The van der Waals surface area contributed by atoms with Gasteiger partial charge in [0.15, 0.2) is 5.43 Å². The van der Waals surface area contributed by atoms with Crippen molar-refractivity contribution in [2.45, 2.75) is 38.0 Å². The average molecular weight is 136 g/mol. The van der Waals surface area contributed by atoms with E-state index in [4.69, 9.17) is 0 Å². The second-order valence-corrected chi connectivity index (χ2v) is 3.30. The Bertz CT molecular complexity index is 224. The maximum Gasteiger partial charge on any atom is 0.182 e. The summed E-state index contributed by atoms with van der Waals surface area (Å²) in [6, 6.07) is 1.80. The maximum atomic E-state index is 10.7. The van der Waals surface area contributed by atoms with Crippen LogP contribution in [0.5, 0.6) is 0 Å². The molecule has 1 aliphatic rings. The molecule has 1 aromatic carbocycles. The van der Waals surface area contributed by atoms with Gasteiger partial charge >= 0.3 is 0 Å². The third kappa shape index (κ3) is 1.00. The molecule has 1 aromatic rings. The van der Waals surface area contributed by atoms with E-state index in [0.29, 0.717) is 11.3 Å². The van der Waals surface area contributed by atoms with E-state index >= 15 is 0 Å². The molecule has 0 amide bonds. The first-order valence-electron chi connectivity index (χ1n) is 4.14. The predicted octanol–water partition coefficient (Wildman–Crippen LogP) is 1.97. The van der Waals surface area contributed by atoms with Gasteiger partial charge in [-0.2, -0.15) is 0 Å². The van der Waals surface area contributed by atoms with E-state index in [2.05, 4.69) is 0 Å². The summed E-state index contributed by atoms with van der Waals surface area (Å²) in [6.45, 7) is 0. The van der Waals surface area contributed by atoms with Gasteiger partial charge in [-0.05, 0) is 24.8 Å². The molecule has 1 saturated carbocycles. The summed E-state index contributed by atoms with van der Waals surface area (Å²) in [6.07, 6.45) is 6.55. The molecule has 0 spiro atoms. The third-order valence-corrected chi connectivity index (χ3v) is 2.53. The van der Waals surface area contributed by atoms with Crippen molar-refractivity contribution < 1.29 is 0 Å². The molecule has 0 unspecified atom stereocenters. The molecule has 0 bridgehead atoms. The zero-order chi connectivity index (χ0) is 6.97. The normalized spacial score (nSPS) is 22.0. The second-order valence-electron chi connectivity index (χ2n) is 3.30. The van der Waals surface area contributed by atoms with Gasteiger partial charge in [0.1, 0.15) is 0 Å². The summed E-state index contributed by atoms with van der Waals surface area (Å²) >= 11 is 0. The fraction of sp³-hybridized carbons (Fsp3) is 0.667. The Morgan fingerprint density at radius 3 is 2.30 bits per heavy atom. The van der Waals surface area contributed by atoms with Gasteiger partial charge < -0.3 is 0 Å². The fourth-order valence-electron chi connectivity index (χ4n) is 1.84. The van der Waals surface area contributed by atoms with Crippen LogP contribution >= 0.6 is 0 Å². The largest absolute Gasteiger partial charge is 0.290 e. The van der Waals surface area contributed by atoms with Crippen molar-refractivity contribution in [1.82, 2.24) is 0 Å². The van der Waals surface area contributed by atoms with Crippen molar-refractivity contribution in [2.75, 3.05) is 0 Å². The molecule has 1 nitrogen and oxygen atoms in total. The van der Waals surface area contributed by atoms with Crippen molar-refractivity contribution >= 4 is 0 Å². The summed E-state index contributed by atoms with van der Waals surface area (Å²) in [5, 5.41) is 0. The lowest BCUT2D eigenvalue weighted by atomic mass is 9.88. The molecule has 0 N–H and O–H groups in total. The Morgan fingerprint density at radius 2 is 1.80 bits per heavy atom. The van der Waals surface area contributed by atoms with E-state index in [1.54, 1.807) is 6.07 Å². The van der Waals surface area contributed by atoms with Crippen LogP contribution in [-0.4, -0.2) is 0 Å². The van der Waals surface area contributed by atoms with Crippen LogP contribution < -0.4 is 5.43 Å². The Kier molecular flexibility index (Phi) is 1.37. The van der Waals surface area contributed by atoms with E-state index in [0.717, 1.165) is 5.56 Å². The van der Waals surface area contributed by atoms with Crippen LogP contribution in [0.1, 0.15) is 43.6 Å². The van der Waals surface area contributed by atoms with Gasteiger partial charge in [-0.25, -0.2) is 0 Å². The zero-order valence-electron chi connectivity index (χ0n) is 6.10. The molecule has 0 heterocycles. The van der Waals surface area contributed by atoms with Gasteiger partial charge in [0.25, 0.3) is 0 Å². The van der Waals surface area contributed by atoms with Crippen LogP contribution in [0.25, 0.3) is 0 Å². The van der Waals surface area contributed by atoms with Gasteiger partial charge in [0, 0.05) is 5.56 Å². The number of hydrogen-bond acceptors (Lipinski definition) is 1. The minimum atomic E-state index is 0.326. The highest BCUT2D eigenvalue weighted by Gasteiger charge is 2.22. The predicted molar refractivity (Wildman–Crippen MR) is 40.9 cm³/mol. The van der Waals surface area contributed by atoms with Crippen molar-refractivity contribution in [3.63, 3.8) is 0 Å². The van der Waals surface area contributed by atoms with Crippen LogP contribution in [0.4, 0.5) is 0 Å². The van der Waals surface area contributed by atoms with Crippen molar-refractivity contribution in [2.24, 2.45) is 0 Å². The molecule has 0 atom stereocenters. The summed E-state index contributed by atoms with van der Waals surface area (Å²) < 4.78 is 0. The minimum absolute atomic E-state index is 0.326. The lowest BCUT2D eigenvalue weighted by molar-refractivity contribution is 0.447. The molecule has 1 aliphatic carbocycles.